The molecule has 5 nitrogen and oxygen atoms in total. The molecular formula is Mo2O5V2-10. The summed E-state index contributed by atoms with van der Waals surface area (Å²) in [6.07, 6.45) is 0. The van der Waals surface area contributed by atoms with Crippen molar-refractivity contribution in [3.63, 3.8) is 0 Å². The minimum atomic E-state index is 0. The van der Waals surface area contributed by atoms with E-state index in [1.165, 1.54) is 0 Å². The predicted molar refractivity (Wildman–Crippen MR) is 3.43 cm³/mol. The topological polar surface area (TPSA) is 142 Å². The van der Waals surface area contributed by atoms with Gasteiger partial charge in [-0.1, -0.05) is 0 Å². The zero-order chi connectivity index (χ0) is 0. The van der Waals surface area contributed by atoms with E-state index < -0.39 is 0 Å². The van der Waals surface area contributed by atoms with Gasteiger partial charge in [-0.25, -0.2) is 0 Å². The summed E-state index contributed by atoms with van der Waals surface area (Å²) < 4.78 is 0. The molecule has 0 fully saturated rings. The maximum atomic E-state index is 0. The minimum Gasteiger partial charge on any atom is -2.00 e. The van der Waals surface area contributed by atoms with Gasteiger partial charge < -0.3 is 27.4 Å². The molecule has 0 atom stereocenters. The van der Waals surface area contributed by atoms with Gasteiger partial charge in [0.2, 0.25) is 0 Å². The van der Waals surface area contributed by atoms with Gasteiger partial charge in [0.15, 0.2) is 0 Å². The Morgan fingerprint density at radius 1 is 0.333 bits per heavy atom. The van der Waals surface area contributed by atoms with Crippen LogP contribution >= 0.6 is 0 Å². The third-order valence-electron chi connectivity index (χ3n) is 0. The van der Waals surface area contributed by atoms with Crippen molar-refractivity contribution in [1.29, 1.82) is 0 Å². The maximum Gasteiger partial charge on any atom is 0 e. The second-order valence-electron chi connectivity index (χ2n) is 0. The molecule has 2 radical (unpaired) electrons. The average molecular weight is 374 g/mol. The number of rotatable bonds is 0. The van der Waals surface area contributed by atoms with Crippen LogP contribution < -0.4 is 0 Å². The molecule has 0 aliphatic heterocycles. The fourth-order valence-electron chi connectivity index (χ4n) is 0. The smallest absolute Gasteiger partial charge is 0 e. The Bertz CT molecular complexity index is 12.9. The van der Waals surface area contributed by atoms with Gasteiger partial charge in [-0.3, -0.25) is 0 Å². The normalized spacial score (nSPS) is 0. The average Bonchev–Trinajstić information content (AvgIpc) is 0. The second kappa shape index (κ2) is 164. The molecule has 62 valence electrons. The first-order valence-electron chi connectivity index (χ1n) is 0. The van der Waals surface area contributed by atoms with Crippen molar-refractivity contribution in [2.45, 2.75) is 0 Å². The molecule has 0 saturated carbocycles. The molecule has 0 N–H and O–H groups in total. The van der Waals surface area contributed by atoms with Crippen LogP contribution in [0.5, 0.6) is 0 Å². The first kappa shape index (κ1) is 221. The monoisotopic (exact) mass is 378 g/mol. The molecule has 0 spiro atoms. The Balaban J connectivity index is 0. The van der Waals surface area contributed by atoms with Gasteiger partial charge >= 0.3 is 0 Å². The Kier molecular flexibility index (Phi) is 4030. The Morgan fingerprint density at radius 3 is 0.333 bits per heavy atom. The molecule has 0 aromatic rings. The molecule has 0 unspecified atom stereocenters. The van der Waals surface area contributed by atoms with Crippen molar-refractivity contribution >= 4 is 0 Å². The largest absolute Gasteiger partial charge is 2.00 e. The Morgan fingerprint density at radius 2 is 0.333 bits per heavy atom. The van der Waals surface area contributed by atoms with E-state index in [0.29, 0.717) is 0 Å². The summed E-state index contributed by atoms with van der Waals surface area (Å²) in [5.41, 5.74) is 0. The van der Waals surface area contributed by atoms with Crippen LogP contribution in [0.4, 0.5) is 0 Å². The molecule has 0 amide bonds. The molecule has 0 aliphatic rings. The molecule has 0 aromatic heterocycles. The van der Waals surface area contributed by atoms with Crippen molar-refractivity contribution in [3.05, 3.63) is 0 Å². The summed E-state index contributed by atoms with van der Waals surface area (Å²) in [5, 5.41) is 0. The van der Waals surface area contributed by atoms with Crippen LogP contribution in [0.25, 0.3) is 0 Å². The molecule has 9 heavy (non-hydrogen) atoms. The van der Waals surface area contributed by atoms with Gasteiger partial charge in [0, 0.05) is 79.2 Å². The second-order valence-corrected chi connectivity index (χ2v) is 0. The summed E-state index contributed by atoms with van der Waals surface area (Å²) in [7, 11) is 0. The van der Waals surface area contributed by atoms with Crippen LogP contribution in [0.3, 0.4) is 0 Å². The van der Waals surface area contributed by atoms with Crippen LogP contribution in [0.15, 0.2) is 0 Å². The fraction of sp³-hybridized carbons (Fsp3) is 0. The van der Waals surface area contributed by atoms with Crippen molar-refractivity contribution < 1.29 is 107 Å². The van der Waals surface area contributed by atoms with Gasteiger partial charge in [0.1, 0.15) is 0 Å². The molecule has 0 aromatic carbocycles. The van der Waals surface area contributed by atoms with Gasteiger partial charge in [0.25, 0.3) is 0 Å². The van der Waals surface area contributed by atoms with E-state index in [-0.39, 0.29) is 107 Å². The minimum absolute atomic E-state index is 0. The van der Waals surface area contributed by atoms with Crippen LogP contribution in [-0.2, 0) is 107 Å². The van der Waals surface area contributed by atoms with E-state index >= 15 is 0 Å². The van der Waals surface area contributed by atoms with E-state index in [2.05, 4.69) is 0 Å². The van der Waals surface area contributed by atoms with Gasteiger partial charge in [-0.15, -0.1) is 0 Å². The molecule has 0 heterocycles. The summed E-state index contributed by atoms with van der Waals surface area (Å²) in [4.78, 5) is 0. The molecular weight excluding hydrogens is 374 g/mol. The predicted octanol–water partition coefficient (Wildman–Crippen LogP) is -0.604. The van der Waals surface area contributed by atoms with Gasteiger partial charge in [-0.2, -0.15) is 0 Å². The van der Waals surface area contributed by atoms with E-state index in [4.69, 9.17) is 0 Å². The van der Waals surface area contributed by atoms with E-state index in [9.17, 15) is 0 Å². The van der Waals surface area contributed by atoms with Crippen molar-refractivity contribution in [2.75, 3.05) is 0 Å². The molecule has 9 heteroatoms. The first-order valence-corrected chi connectivity index (χ1v) is 0. The summed E-state index contributed by atoms with van der Waals surface area (Å²) in [6.45, 7) is 0. The van der Waals surface area contributed by atoms with E-state index in [1.54, 1.807) is 0 Å². The summed E-state index contributed by atoms with van der Waals surface area (Å²) >= 11 is 0. The number of hydrogen-bond acceptors (Lipinski definition) is 0. The van der Waals surface area contributed by atoms with E-state index in [1.807, 2.05) is 0 Å². The first-order chi connectivity index (χ1) is 0. The van der Waals surface area contributed by atoms with Crippen LogP contribution in [0, 0.1) is 0 Å². The summed E-state index contributed by atoms with van der Waals surface area (Å²) in [6, 6.07) is 0. The molecule has 0 aliphatic carbocycles. The van der Waals surface area contributed by atoms with Gasteiger partial charge in [-0.05, 0) is 0 Å². The van der Waals surface area contributed by atoms with E-state index in [0.717, 1.165) is 0 Å². The SMILES string of the molecule is [Mo].[Mo].[O-2].[O-2].[O-2].[O-2].[O-2].[V].[V]. The third-order valence-corrected chi connectivity index (χ3v) is 0. The third kappa shape index (κ3) is 131. The summed E-state index contributed by atoms with van der Waals surface area (Å²) in [5.74, 6) is 0. The van der Waals surface area contributed by atoms with Crippen molar-refractivity contribution in [3.8, 4) is 0 Å². The number of hydrogen-bond donors (Lipinski definition) is 0. The van der Waals surface area contributed by atoms with Crippen LogP contribution in [0.1, 0.15) is 0 Å². The zero-order valence-electron chi connectivity index (χ0n) is 3.75. The molecule has 0 rings (SSSR count). The zero-order valence-corrected chi connectivity index (χ0v) is 10.6. The molecule has 0 saturated heterocycles. The Labute approximate surface area is 106 Å². The quantitative estimate of drug-likeness (QED) is 0.499. The standard InChI is InChI=1S/2Mo.5O.2V/q;;5*-2;;. The maximum absolute atomic E-state index is 0. The van der Waals surface area contributed by atoms with Crippen LogP contribution in [-0.4, -0.2) is 0 Å². The van der Waals surface area contributed by atoms with Crippen molar-refractivity contribution in [2.24, 2.45) is 0 Å². The Hall–Kier alpha value is 2.35. The van der Waals surface area contributed by atoms with Crippen molar-refractivity contribution in [1.82, 2.24) is 0 Å². The van der Waals surface area contributed by atoms with Crippen LogP contribution in [0.2, 0.25) is 0 Å². The molecule has 0 bridgehead atoms. The fourth-order valence-corrected chi connectivity index (χ4v) is 0. The van der Waals surface area contributed by atoms with Gasteiger partial charge in [0.05, 0.1) is 0 Å².